The van der Waals surface area contributed by atoms with E-state index < -0.39 is 23.8 Å². The van der Waals surface area contributed by atoms with Gasteiger partial charge in [-0.15, -0.1) is 0 Å². The van der Waals surface area contributed by atoms with Crippen molar-refractivity contribution < 1.29 is 23.9 Å². The summed E-state index contributed by atoms with van der Waals surface area (Å²) >= 11 is 0. The van der Waals surface area contributed by atoms with Crippen LogP contribution in [0.3, 0.4) is 0 Å². The van der Waals surface area contributed by atoms with Gasteiger partial charge in [0.15, 0.2) is 0 Å². The lowest BCUT2D eigenvalue weighted by Gasteiger charge is -2.44. The van der Waals surface area contributed by atoms with Gasteiger partial charge in [0.1, 0.15) is 6.04 Å². The molecule has 33 heavy (non-hydrogen) atoms. The Morgan fingerprint density at radius 2 is 1.82 bits per heavy atom. The van der Waals surface area contributed by atoms with E-state index in [2.05, 4.69) is 16.0 Å². The summed E-state index contributed by atoms with van der Waals surface area (Å²) in [5.41, 5.74) is 1.53. The molecule has 3 fully saturated rings. The molecule has 3 saturated heterocycles. The molecule has 176 valence electrons. The van der Waals surface area contributed by atoms with E-state index in [1.54, 1.807) is 12.1 Å². The molecule has 0 aliphatic carbocycles. The standard InChI is InChI=1S/C24H30N4O5/c29-20-6-5-19(21(30)27-20)28-22(31)17-4-3-15(12-18(17)23(28)32)13-26-14-16-2-1-7-24(33-16)8-10-25-11-9-24/h3-4,12,16,19,25-26H,1-2,5-11,13-14H2,(H,27,29,30). The highest BCUT2D eigenvalue weighted by molar-refractivity contribution is 6.23. The first kappa shape index (κ1) is 22.2. The number of nitrogens with one attached hydrogen (secondary N) is 3. The maximum absolute atomic E-state index is 13.0. The summed E-state index contributed by atoms with van der Waals surface area (Å²) in [5, 5.41) is 9.07. The van der Waals surface area contributed by atoms with Gasteiger partial charge in [-0.2, -0.15) is 0 Å². The zero-order valence-corrected chi connectivity index (χ0v) is 18.7. The minimum absolute atomic E-state index is 0.0235. The average molecular weight is 455 g/mol. The van der Waals surface area contributed by atoms with Crippen LogP contribution in [0.4, 0.5) is 0 Å². The molecular formula is C24H30N4O5. The molecule has 2 atom stereocenters. The molecule has 5 rings (SSSR count). The van der Waals surface area contributed by atoms with Crippen LogP contribution in [0.15, 0.2) is 18.2 Å². The van der Waals surface area contributed by atoms with Gasteiger partial charge >= 0.3 is 0 Å². The Hall–Kier alpha value is -2.62. The number of fused-ring (bicyclic) bond motifs is 1. The predicted molar refractivity (Wildman–Crippen MR) is 118 cm³/mol. The largest absolute Gasteiger partial charge is 0.370 e. The fourth-order valence-electron chi connectivity index (χ4n) is 5.52. The Bertz CT molecular complexity index is 982. The Morgan fingerprint density at radius 1 is 1.03 bits per heavy atom. The summed E-state index contributed by atoms with van der Waals surface area (Å²) in [7, 11) is 0. The topological polar surface area (TPSA) is 117 Å². The van der Waals surface area contributed by atoms with Gasteiger partial charge in [0, 0.05) is 19.5 Å². The number of carbonyl (C=O) groups is 4. The number of ether oxygens (including phenoxy) is 1. The van der Waals surface area contributed by atoms with E-state index in [9.17, 15) is 19.2 Å². The van der Waals surface area contributed by atoms with Crippen LogP contribution < -0.4 is 16.0 Å². The van der Waals surface area contributed by atoms with Crippen LogP contribution >= 0.6 is 0 Å². The van der Waals surface area contributed by atoms with Crippen molar-refractivity contribution in [2.45, 2.75) is 69.2 Å². The van der Waals surface area contributed by atoms with Crippen molar-refractivity contribution in [3.8, 4) is 0 Å². The van der Waals surface area contributed by atoms with Crippen molar-refractivity contribution >= 4 is 23.6 Å². The number of nitrogens with zero attached hydrogens (tertiary/aromatic N) is 1. The minimum Gasteiger partial charge on any atom is -0.370 e. The molecule has 4 heterocycles. The van der Waals surface area contributed by atoms with Gasteiger partial charge in [0.25, 0.3) is 11.8 Å². The van der Waals surface area contributed by atoms with Crippen LogP contribution in [0.1, 0.15) is 71.2 Å². The fourth-order valence-corrected chi connectivity index (χ4v) is 5.52. The van der Waals surface area contributed by atoms with E-state index >= 15 is 0 Å². The second-order valence-electron chi connectivity index (χ2n) is 9.52. The molecule has 1 spiro atoms. The Labute approximate surface area is 192 Å². The molecule has 3 N–H and O–H groups in total. The lowest BCUT2D eigenvalue weighted by molar-refractivity contribution is -0.140. The van der Waals surface area contributed by atoms with E-state index in [0.717, 1.165) is 55.8 Å². The summed E-state index contributed by atoms with van der Waals surface area (Å²) in [6, 6.07) is 4.27. The molecule has 0 radical (unpaired) electrons. The number of hydrogen-bond acceptors (Lipinski definition) is 7. The van der Waals surface area contributed by atoms with Crippen molar-refractivity contribution in [2.75, 3.05) is 19.6 Å². The van der Waals surface area contributed by atoms with Gasteiger partial charge < -0.3 is 15.4 Å². The van der Waals surface area contributed by atoms with Crippen LogP contribution in [-0.2, 0) is 20.9 Å². The highest BCUT2D eigenvalue weighted by Crippen LogP contribution is 2.35. The molecule has 1 aromatic carbocycles. The van der Waals surface area contributed by atoms with E-state index in [4.69, 9.17) is 4.74 Å². The van der Waals surface area contributed by atoms with Gasteiger partial charge in [0.05, 0.1) is 22.8 Å². The monoisotopic (exact) mass is 454 g/mol. The van der Waals surface area contributed by atoms with Crippen LogP contribution in [-0.4, -0.2) is 65.9 Å². The number of carbonyl (C=O) groups excluding carboxylic acids is 4. The first-order valence-corrected chi connectivity index (χ1v) is 11.9. The molecule has 0 bridgehead atoms. The first-order valence-electron chi connectivity index (χ1n) is 11.9. The van der Waals surface area contributed by atoms with Gasteiger partial charge in [-0.05, 0) is 69.3 Å². The first-order chi connectivity index (χ1) is 16.0. The molecule has 0 saturated carbocycles. The molecule has 2 unspecified atom stereocenters. The summed E-state index contributed by atoms with van der Waals surface area (Å²) in [4.78, 5) is 50.4. The lowest BCUT2D eigenvalue weighted by atomic mass is 9.84. The summed E-state index contributed by atoms with van der Waals surface area (Å²) in [6.07, 6.45) is 5.93. The van der Waals surface area contributed by atoms with Crippen molar-refractivity contribution in [3.63, 3.8) is 0 Å². The van der Waals surface area contributed by atoms with Crippen molar-refractivity contribution in [1.82, 2.24) is 20.9 Å². The molecule has 0 aromatic heterocycles. The highest BCUT2D eigenvalue weighted by Gasteiger charge is 2.44. The third-order valence-corrected chi connectivity index (χ3v) is 7.30. The summed E-state index contributed by atoms with van der Waals surface area (Å²) in [6.45, 7) is 3.32. The zero-order valence-electron chi connectivity index (χ0n) is 18.7. The van der Waals surface area contributed by atoms with Gasteiger partial charge in [-0.3, -0.25) is 29.4 Å². The Balaban J connectivity index is 1.20. The third-order valence-electron chi connectivity index (χ3n) is 7.30. The molecule has 4 aliphatic heterocycles. The second kappa shape index (κ2) is 8.96. The maximum Gasteiger partial charge on any atom is 0.262 e. The Morgan fingerprint density at radius 3 is 2.61 bits per heavy atom. The van der Waals surface area contributed by atoms with Gasteiger partial charge in [0.2, 0.25) is 11.8 Å². The summed E-state index contributed by atoms with van der Waals surface area (Å²) in [5.74, 6) is -1.93. The van der Waals surface area contributed by atoms with Crippen molar-refractivity contribution in [3.05, 3.63) is 34.9 Å². The SMILES string of the molecule is O=C1CCC(N2C(=O)c3ccc(CNCC4CCCC5(CCNCC5)O4)cc3C2=O)C(=O)N1. The number of benzene rings is 1. The minimum atomic E-state index is -0.942. The highest BCUT2D eigenvalue weighted by atomic mass is 16.5. The third kappa shape index (κ3) is 4.32. The number of rotatable bonds is 5. The fraction of sp³-hybridized carbons (Fsp3) is 0.583. The van der Waals surface area contributed by atoms with Gasteiger partial charge in [-0.1, -0.05) is 6.07 Å². The van der Waals surface area contributed by atoms with Crippen molar-refractivity contribution in [2.24, 2.45) is 0 Å². The van der Waals surface area contributed by atoms with Crippen LogP contribution in [0.5, 0.6) is 0 Å². The van der Waals surface area contributed by atoms with E-state index in [1.807, 2.05) is 6.07 Å². The Kier molecular flexibility index (Phi) is 6.03. The zero-order chi connectivity index (χ0) is 23.0. The number of imide groups is 2. The molecular weight excluding hydrogens is 424 g/mol. The molecule has 4 aliphatic rings. The van der Waals surface area contributed by atoms with E-state index in [-0.39, 0.29) is 30.5 Å². The number of piperidine rings is 2. The normalized spacial score (nSPS) is 27.1. The molecule has 9 heteroatoms. The number of hydrogen-bond donors (Lipinski definition) is 3. The number of amides is 4. The average Bonchev–Trinajstić information content (AvgIpc) is 3.04. The van der Waals surface area contributed by atoms with Crippen LogP contribution in [0.25, 0.3) is 0 Å². The van der Waals surface area contributed by atoms with E-state index in [0.29, 0.717) is 17.7 Å². The summed E-state index contributed by atoms with van der Waals surface area (Å²) < 4.78 is 6.49. The predicted octanol–water partition coefficient (Wildman–Crippen LogP) is 0.869. The molecule has 1 aromatic rings. The van der Waals surface area contributed by atoms with Crippen molar-refractivity contribution in [1.29, 1.82) is 0 Å². The molecule has 4 amide bonds. The quantitative estimate of drug-likeness (QED) is 0.565. The lowest BCUT2D eigenvalue weighted by Crippen LogP contribution is -2.54. The smallest absolute Gasteiger partial charge is 0.262 e. The van der Waals surface area contributed by atoms with Crippen LogP contribution in [0, 0.1) is 0 Å². The van der Waals surface area contributed by atoms with Crippen LogP contribution in [0.2, 0.25) is 0 Å². The van der Waals surface area contributed by atoms with E-state index in [1.165, 1.54) is 6.42 Å². The second-order valence-corrected chi connectivity index (χ2v) is 9.52. The van der Waals surface area contributed by atoms with Gasteiger partial charge in [-0.25, -0.2) is 0 Å². The maximum atomic E-state index is 13.0. The molecule has 9 nitrogen and oxygen atoms in total.